The second-order valence-electron chi connectivity index (χ2n) is 12.8. The largest absolute Gasteiger partial charge is 0.300 e. The van der Waals surface area contributed by atoms with E-state index in [1.165, 1.54) is 38.9 Å². The number of aryl methyl sites for hydroxylation is 7. The molecule has 53 heavy (non-hydrogen) atoms. The first-order chi connectivity index (χ1) is 25.5. The fourth-order valence-electron chi connectivity index (χ4n) is 4.20. The van der Waals surface area contributed by atoms with Crippen LogP contribution < -0.4 is 0 Å². The molecule has 0 aliphatic heterocycles. The smallest absolute Gasteiger partial charge is 0.134 e. The Labute approximate surface area is 322 Å². The van der Waals surface area contributed by atoms with E-state index in [-0.39, 0.29) is 5.78 Å². The van der Waals surface area contributed by atoms with Crippen molar-refractivity contribution >= 4 is 5.78 Å². The van der Waals surface area contributed by atoms with Gasteiger partial charge in [0.15, 0.2) is 0 Å². The van der Waals surface area contributed by atoms with Crippen LogP contribution in [0.3, 0.4) is 0 Å². The van der Waals surface area contributed by atoms with Gasteiger partial charge in [0, 0.05) is 6.42 Å². The number of benzene rings is 7. The molecule has 7 aromatic rings. The molecule has 1 heteroatoms. The van der Waals surface area contributed by atoms with Crippen molar-refractivity contribution in [2.45, 2.75) is 61.8 Å². The fourth-order valence-corrected chi connectivity index (χ4v) is 4.20. The molecule has 0 spiro atoms. The van der Waals surface area contributed by atoms with Gasteiger partial charge in [0.2, 0.25) is 0 Å². The average Bonchev–Trinajstić information content (AvgIpc) is 3.16. The molecule has 0 amide bonds. The predicted molar refractivity (Wildman–Crippen MR) is 233 cm³/mol. The zero-order chi connectivity index (χ0) is 38.9. The van der Waals surface area contributed by atoms with Crippen LogP contribution in [0.4, 0.5) is 0 Å². The van der Waals surface area contributed by atoms with Crippen LogP contribution in [0, 0.1) is 48.5 Å². The Bertz CT molecular complexity index is 1520. The lowest BCUT2D eigenvalue weighted by atomic mass is 10.1. The Morgan fingerprint density at radius 2 is 0.453 bits per heavy atom. The first-order valence-corrected chi connectivity index (χ1v) is 18.2. The maximum atomic E-state index is 10.7. The Morgan fingerprint density at radius 1 is 0.283 bits per heavy atom. The number of hydrogen-bond acceptors (Lipinski definition) is 1. The summed E-state index contributed by atoms with van der Waals surface area (Å²) in [6, 6.07) is 69.6. The maximum Gasteiger partial charge on any atom is 0.134 e. The van der Waals surface area contributed by atoms with E-state index in [1.54, 1.807) is 6.92 Å². The highest BCUT2D eigenvalue weighted by atomic mass is 16.1. The van der Waals surface area contributed by atoms with Crippen LogP contribution in [0.1, 0.15) is 51.4 Å². The highest BCUT2D eigenvalue weighted by Gasteiger charge is 1.95. The lowest BCUT2D eigenvalue weighted by Gasteiger charge is -1.96. The maximum absolute atomic E-state index is 10.7. The number of rotatable bonds is 2. The molecular formula is C52H60O. The number of Topliss-reactive ketones (excluding diaryl/α,β-unsaturated/α-hetero) is 1. The van der Waals surface area contributed by atoms with E-state index in [0.717, 1.165) is 5.56 Å². The molecular weight excluding hydrogens is 641 g/mol. The highest BCUT2D eigenvalue weighted by molar-refractivity contribution is 5.78. The first kappa shape index (κ1) is 45.2. The van der Waals surface area contributed by atoms with Gasteiger partial charge in [0.25, 0.3) is 0 Å². The Balaban J connectivity index is 0.000000311. The van der Waals surface area contributed by atoms with Crippen LogP contribution in [-0.2, 0) is 11.2 Å². The van der Waals surface area contributed by atoms with Crippen molar-refractivity contribution in [3.8, 4) is 0 Å². The normalized spacial score (nSPS) is 8.91. The van der Waals surface area contributed by atoms with Gasteiger partial charge in [-0.05, 0) is 61.0 Å². The summed E-state index contributed by atoms with van der Waals surface area (Å²) in [5.74, 6) is 0.217. The fraction of sp³-hybridized carbons (Fsp3) is 0.173. The topological polar surface area (TPSA) is 17.1 Å². The molecule has 1 nitrogen and oxygen atoms in total. The Kier molecular flexibility index (Phi) is 25.5. The summed E-state index contributed by atoms with van der Waals surface area (Å²) in [7, 11) is 0. The summed E-state index contributed by atoms with van der Waals surface area (Å²) in [5, 5.41) is 0. The van der Waals surface area contributed by atoms with Crippen molar-refractivity contribution in [1.29, 1.82) is 0 Å². The monoisotopic (exact) mass is 700 g/mol. The number of carbonyl (C=O) groups is 1. The first-order valence-electron chi connectivity index (χ1n) is 18.2. The molecule has 0 aromatic heterocycles. The van der Waals surface area contributed by atoms with Gasteiger partial charge in [-0.3, -0.25) is 4.79 Å². The molecule has 7 aromatic carbocycles. The van der Waals surface area contributed by atoms with Crippen LogP contribution in [0.2, 0.25) is 0 Å². The molecule has 0 atom stereocenters. The van der Waals surface area contributed by atoms with Gasteiger partial charge >= 0.3 is 0 Å². The van der Waals surface area contributed by atoms with Crippen LogP contribution in [0.15, 0.2) is 206 Å². The molecule has 0 unspecified atom stereocenters. The van der Waals surface area contributed by atoms with Crippen molar-refractivity contribution in [2.24, 2.45) is 0 Å². The second-order valence-corrected chi connectivity index (χ2v) is 12.8. The summed E-state index contributed by atoms with van der Waals surface area (Å²) in [4.78, 5) is 10.7. The summed E-state index contributed by atoms with van der Waals surface area (Å²) in [6.45, 7) is 16.2. The Morgan fingerprint density at radius 3 is 0.585 bits per heavy atom. The zero-order valence-corrected chi connectivity index (χ0v) is 33.2. The molecule has 0 aliphatic carbocycles. The minimum Gasteiger partial charge on any atom is -0.300 e. The van der Waals surface area contributed by atoms with Gasteiger partial charge in [-0.2, -0.15) is 0 Å². The summed E-state index contributed by atoms with van der Waals surface area (Å²) in [5.41, 5.74) is 10.3. The molecule has 0 heterocycles. The van der Waals surface area contributed by atoms with Gasteiger partial charge in [0.05, 0.1) is 0 Å². The van der Waals surface area contributed by atoms with Crippen LogP contribution in [-0.4, -0.2) is 5.78 Å². The van der Waals surface area contributed by atoms with Crippen molar-refractivity contribution in [2.75, 3.05) is 0 Å². The molecule has 274 valence electrons. The average molecular weight is 701 g/mol. The molecule has 0 saturated carbocycles. The summed E-state index contributed by atoms with van der Waals surface area (Å²) < 4.78 is 0. The van der Waals surface area contributed by atoms with Crippen LogP contribution >= 0.6 is 0 Å². The third-order valence-corrected chi connectivity index (χ3v) is 7.22. The number of carbonyl (C=O) groups excluding carboxylic acids is 1. The van der Waals surface area contributed by atoms with Crippen molar-refractivity contribution in [1.82, 2.24) is 0 Å². The predicted octanol–water partition coefficient (Wildman–Crippen LogP) is 14.1. The number of hydrogen-bond donors (Lipinski definition) is 0. The van der Waals surface area contributed by atoms with E-state index in [9.17, 15) is 4.79 Å². The molecule has 0 saturated heterocycles. The van der Waals surface area contributed by atoms with E-state index in [1.807, 2.05) is 140 Å². The lowest BCUT2D eigenvalue weighted by molar-refractivity contribution is -0.116. The van der Waals surface area contributed by atoms with Gasteiger partial charge in [-0.15, -0.1) is 0 Å². The molecule has 0 N–H and O–H groups in total. The van der Waals surface area contributed by atoms with Crippen molar-refractivity contribution in [3.05, 3.63) is 251 Å². The zero-order valence-electron chi connectivity index (χ0n) is 33.2. The van der Waals surface area contributed by atoms with E-state index in [2.05, 4.69) is 114 Å². The molecule has 0 fully saturated rings. The third kappa shape index (κ3) is 28.6. The van der Waals surface area contributed by atoms with Gasteiger partial charge in [0.1, 0.15) is 5.78 Å². The highest BCUT2D eigenvalue weighted by Crippen LogP contribution is 2.04. The minimum atomic E-state index is 0.217. The van der Waals surface area contributed by atoms with E-state index >= 15 is 0 Å². The van der Waals surface area contributed by atoms with Gasteiger partial charge in [-0.1, -0.05) is 245 Å². The van der Waals surface area contributed by atoms with E-state index in [4.69, 9.17) is 0 Å². The second kappa shape index (κ2) is 29.9. The van der Waals surface area contributed by atoms with Crippen LogP contribution in [0.25, 0.3) is 0 Å². The van der Waals surface area contributed by atoms with E-state index < -0.39 is 0 Å². The van der Waals surface area contributed by atoms with Gasteiger partial charge in [-0.25, -0.2) is 0 Å². The Hall–Kier alpha value is -5.79. The lowest BCUT2D eigenvalue weighted by Crippen LogP contribution is -1.95. The standard InChI is InChI=1S/C10H12O.6C7H8/c1-8-3-5-10(6-4-8)7-9(2)11;6*1-7-5-3-2-4-6-7/h3-6H,7H2,1-2H3;6*2-6H,1H3. The summed E-state index contributed by atoms with van der Waals surface area (Å²) in [6.07, 6.45) is 0.556. The third-order valence-electron chi connectivity index (χ3n) is 7.22. The minimum absolute atomic E-state index is 0.217. The molecule has 7 rings (SSSR count). The number of ketones is 1. The van der Waals surface area contributed by atoms with Gasteiger partial charge < -0.3 is 0 Å². The molecule has 0 bridgehead atoms. The van der Waals surface area contributed by atoms with E-state index in [0.29, 0.717) is 6.42 Å². The van der Waals surface area contributed by atoms with Crippen molar-refractivity contribution in [3.63, 3.8) is 0 Å². The van der Waals surface area contributed by atoms with Crippen molar-refractivity contribution < 1.29 is 4.79 Å². The summed E-state index contributed by atoms with van der Waals surface area (Å²) >= 11 is 0. The SMILES string of the molecule is CC(=O)Cc1ccc(C)cc1.Cc1ccccc1.Cc1ccccc1.Cc1ccccc1.Cc1ccccc1.Cc1ccccc1.Cc1ccccc1. The molecule has 0 aliphatic rings. The quantitative estimate of drug-likeness (QED) is 0.175. The van der Waals surface area contributed by atoms with Crippen LogP contribution in [0.5, 0.6) is 0 Å². The molecule has 0 radical (unpaired) electrons.